The molecule has 2 unspecified atom stereocenters. The van der Waals surface area contributed by atoms with Crippen LogP contribution in [0.4, 0.5) is 0 Å². The van der Waals surface area contributed by atoms with Gasteiger partial charge in [0, 0.05) is 29.5 Å². The summed E-state index contributed by atoms with van der Waals surface area (Å²) in [6.07, 6.45) is 8.85. The van der Waals surface area contributed by atoms with E-state index in [9.17, 15) is 5.11 Å². The minimum atomic E-state index is 0.323. The van der Waals surface area contributed by atoms with E-state index in [0.29, 0.717) is 17.6 Å². The van der Waals surface area contributed by atoms with E-state index < -0.39 is 0 Å². The molecule has 0 saturated carbocycles. The summed E-state index contributed by atoms with van der Waals surface area (Å²) in [7, 11) is 0. The molecule has 2 rings (SSSR count). The molecule has 0 aromatic carbocycles. The van der Waals surface area contributed by atoms with E-state index in [0.717, 1.165) is 29.0 Å². The SMILES string of the molecule is C=C(C(=C)c1ccccn1)c1ccccn1.CCCC(C)/C=C(/O)C(C)CC. The number of aromatic nitrogens is 2. The normalized spacial score (nSPS) is 13.1. The second-order valence-corrected chi connectivity index (χ2v) is 7.05. The third kappa shape index (κ3) is 7.91. The van der Waals surface area contributed by atoms with Crippen molar-refractivity contribution in [2.24, 2.45) is 11.8 Å². The second-order valence-electron chi connectivity index (χ2n) is 7.05. The maximum absolute atomic E-state index is 9.58. The molecular weight excluding hydrogens is 344 g/mol. The fourth-order valence-corrected chi connectivity index (χ4v) is 2.60. The molecule has 0 aliphatic rings. The summed E-state index contributed by atoms with van der Waals surface area (Å²) in [5, 5.41) is 9.58. The van der Waals surface area contributed by atoms with Crippen LogP contribution in [-0.2, 0) is 0 Å². The zero-order valence-electron chi connectivity index (χ0n) is 17.7. The molecule has 3 heteroatoms. The van der Waals surface area contributed by atoms with Crippen molar-refractivity contribution in [1.82, 2.24) is 9.97 Å². The lowest BCUT2D eigenvalue weighted by molar-refractivity contribution is 0.329. The second kappa shape index (κ2) is 12.7. The average Bonchev–Trinajstić information content (AvgIpc) is 2.73. The summed E-state index contributed by atoms with van der Waals surface area (Å²) in [5.41, 5.74) is 3.27. The molecular formula is C25H34N2O. The van der Waals surface area contributed by atoms with Crippen molar-refractivity contribution in [2.75, 3.05) is 0 Å². The minimum absolute atomic E-state index is 0.323. The van der Waals surface area contributed by atoms with Crippen LogP contribution in [0.25, 0.3) is 11.1 Å². The number of hydrogen-bond acceptors (Lipinski definition) is 3. The van der Waals surface area contributed by atoms with E-state index in [1.807, 2.05) is 42.5 Å². The highest BCUT2D eigenvalue weighted by Crippen LogP contribution is 2.24. The Bertz CT molecular complexity index is 701. The Morgan fingerprint density at radius 2 is 1.46 bits per heavy atom. The van der Waals surface area contributed by atoms with Gasteiger partial charge in [0.05, 0.1) is 17.1 Å². The van der Waals surface area contributed by atoms with Crippen molar-refractivity contribution < 1.29 is 5.11 Å². The molecule has 0 bridgehead atoms. The number of nitrogens with zero attached hydrogens (tertiary/aromatic N) is 2. The van der Waals surface area contributed by atoms with Gasteiger partial charge in [-0.1, -0.05) is 59.4 Å². The summed E-state index contributed by atoms with van der Waals surface area (Å²) in [6, 6.07) is 11.4. The largest absolute Gasteiger partial charge is 0.512 e. The zero-order valence-corrected chi connectivity index (χ0v) is 17.7. The molecule has 0 fully saturated rings. The molecule has 2 heterocycles. The predicted molar refractivity (Wildman–Crippen MR) is 121 cm³/mol. The maximum Gasteiger partial charge on any atom is 0.0913 e. The van der Waals surface area contributed by atoms with Gasteiger partial charge in [-0.25, -0.2) is 0 Å². The van der Waals surface area contributed by atoms with Gasteiger partial charge in [0.2, 0.25) is 0 Å². The number of aliphatic hydroxyl groups excluding tert-OH is 1. The van der Waals surface area contributed by atoms with Crippen LogP contribution in [0.15, 0.2) is 73.8 Å². The highest BCUT2D eigenvalue weighted by Gasteiger charge is 2.07. The topological polar surface area (TPSA) is 46.0 Å². The van der Waals surface area contributed by atoms with Crippen LogP contribution in [0.5, 0.6) is 0 Å². The van der Waals surface area contributed by atoms with E-state index >= 15 is 0 Å². The van der Waals surface area contributed by atoms with Crippen molar-refractivity contribution in [1.29, 1.82) is 0 Å². The molecule has 2 aromatic heterocycles. The van der Waals surface area contributed by atoms with Gasteiger partial charge in [0.1, 0.15) is 0 Å². The first kappa shape index (κ1) is 23.4. The van der Waals surface area contributed by atoms with Crippen LogP contribution in [0.2, 0.25) is 0 Å². The van der Waals surface area contributed by atoms with Crippen molar-refractivity contribution in [2.45, 2.75) is 47.0 Å². The molecule has 0 amide bonds. The smallest absolute Gasteiger partial charge is 0.0913 e. The van der Waals surface area contributed by atoms with Crippen LogP contribution >= 0.6 is 0 Å². The monoisotopic (exact) mass is 378 g/mol. The lowest BCUT2D eigenvalue weighted by Gasteiger charge is -2.10. The fraction of sp³-hybridized carbons (Fsp3) is 0.360. The first-order valence-electron chi connectivity index (χ1n) is 10.0. The van der Waals surface area contributed by atoms with Gasteiger partial charge in [0.15, 0.2) is 0 Å². The number of allylic oxidation sites excluding steroid dienone is 4. The molecule has 2 aromatic rings. The van der Waals surface area contributed by atoms with Gasteiger partial charge in [-0.05, 0) is 49.1 Å². The quantitative estimate of drug-likeness (QED) is 0.393. The first-order chi connectivity index (χ1) is 13.4. The molecule has 2 atom stereocenters. The molecule has 1 N–H and O–H groups in total. The number of pyridine rings is 2. The van der Waals surface area contributed by atoms with Gasteiger partial charge in [0.25, 0.3) is 0 Å². The van der Waals surface area contributed by atoms with Gasteiger partial charge in [-0.15, -0.1) is 0 Å². The Morgan fingerprint density at radius 1 is 0.964 bits per heavy atom. The van der Waals surface area contributed by atoms with Crippen LogP contribution in [0, 0.1) is 11.8 Å². The Labute approximate surface area is 170 Å². The Kier molecular flexibility index (Phi) is 10.6. The maximum atomic E-state index is 9.58. The van der Waals surface area contributed by atoms with E-state index in [-0.39, 0.29) is 0 Å². The van der Waals surface area contributed by atoms with Gasteiger partial charge < -0.3 is 5.11 Å². The van der Waals surface area contributed by atoms with Gasteiger partial charge >= 0.3 is 0 Å². The molecule has 3 nitrogen and oxygen atoms in total. The van der Waals surface area contributed by atoms with Crippen LogP contribution in [-0.4, -0.2) is 15.1 Å². The first-order valence-corrected chi connectivity index (χ1v) is 10.0. The van der Waals surface area contributed by atoms with Crippen LogP contribution < -0.4 is 0 Å². The lowest BCUT2D eigenvalue weighted by Crippen LogP contribution is -2.00. The van der Waals surface area contributed by atoms with E-state index in [1.165, 1.54) is 12.8 Å². The molecule has 28 heavy (non-hydrogen) atoms. The van der Waals surface area contributed by atoms with Gasteiger partial charge in [-0.3, -0.25) is 9.97 Å². The Balaban J connectivity index is 0.000000295. The number of hydrogen-bond donors (Lipinski definition) is 1. The predicted octanol–water partition coefficient (Wildman–Crippen LogP) is 7.11. The number of aliphatic hydroxyl groups is 1. The van der Waals surface area contributed by atoms with E-state index in [2.05, 4.69) is 50.8 Å². The zero-order chi connectivity index (χ0) is 20.9. The van der Waals surface area contributed by atoms with E-state index in [1.54, 1.807) is 12.4 Å². The van der Waals surface area contributed by atoms with Gasteiger partial charge in [-0.2, -0.15) is 0 Å². The standard InChI is InChI=1S/C14H12N2.C11H22O/c1-11(13-7-3-5-9-15-13)12(2)14-8-4-6-10-16-14;1-5-7-9(3)8-11(12)10(4)6-2/h3-10H,1-2H2;8-10,12H,5-7H2,1-4H3/b;11-8+. The molecule has 0 spiro atoms. The van der Waals surface area contributed by atoms with Crippen LogP contribution in [0.1, 0.15) is 58.3 Å². The number of rotatable bonds is 8. The summed E-state index contributed by atoms with van der Waals surface area (Å²) < 4.78 is 0. The lowest BCUT2D eigenvalue weighted by atomic mass is 10.00. The molecule has 0 radical (unpaired) electrons. The summed E-state index contributed by atoms with van der Waals surface area (Å²) in [5.74, 6) is 1.41. The van der Waals surface area contributed by atoms with Crippen molar-refractivity contribution >= 4 is 11.1 Å². The third-order valence-electron chi connectivity index (χ3n) is 4.63. The third-order valence-corrected chi connectivity index (χ3v) is 4.63. The summed E-state index contributed by atoms with van der Waals surface area (Å²) >= 11 is 0. The van der Waals surface area contributed by atoms with Crippen molar-refractivity contribution in [3.63, 3.8) is 0 Å². The fourth-order valence-electron chi connectivity index (χ4n) is 2.60. The van der Waals surface area contributed by atoms with Crippen molar-refractivity contribution in [3.05, 3.63) is 85.2 Å². The molecule has 0 aliphatic carbocycles. The summed E-state index contributed by atoms with van der Waals surface area (Å²) in [6.45, 7) is 16.5. The highest BCUT2D eigenvalue weighted by atomic mass is 16.3. The minimum Gasteiger partial charge on any atom is -0.512 e. The highest BCUT2D eigenvalue weighted by molar-refractivity contribution is 6.01. The van der Waals surface area contributed by atoms with E-state index in [4.69, 9.17) is 0 Å². The Hall–Kier alpha value is -2.68. The Morgan fingerprint density at radius 3 is 1.82 bits per heavy atom. The molecule has 150 valence electrons. The average molecular weight is 379 g/mol. The summed E-state index contributed by atoms with van der Waals surface area (Å²) in [4.78, 5) is 8.47. The van der Waals surface area contributed by atoms with Crippen molar-refractivity contribution in [3.8, 4) is 0 Å². The van der Waals surface area contributed by atoms with Crippen LogP contribution in [0.3, 0.4) is 0 Å². The molecule has 0 saturated heterocycles. The molecule has 0 aliphatic heterocycles.